The lowest BCUT2D eigenvalue weighted by Crippen LogP contribution is -2.46. The Bertz CT molecular complexity index is 864. The number of hydrogen-bond acceptors (Lipinski definition) is 4. The van der Waals surface area contributed by atoms with E-state index in [0.717, 1.165) is 16.7 Å². The summed E-state index contributed by atoms with van der Waals surface area (Å²) in [6, 6.07) is 13.2. The predicted octanol–water partition coefficient (Wildman–Crippen LogP) is 3.89. The van der Waals surface area contributed by atoms with Gasteiger partial charge < -0.3 is 19.7 Å². The molecule has 2 amide bonds. The maximum absolute atomic E-state index is 13.1. The SMILES string of the molecule is CCOc1ccc(CCC(=O)N(Cc2ccc(C)cc2)[C@@H](C)C(=O)NC)cc1OCC. The lowest BCUT2D eigenvalue weighted by molar-refractivity contribution is -0.140. The molecule has 1 N–H and O–H groups in total. The highest BCUT2D eigenvalue weighted by Gasteiger charge is 2.25. The average molecular weight is 427 g/mol. The third-order valence-corrected chi connectivity index (χ3v) is 5.12. The van der Waals surface area contributed by atoms with Gasteiger partial charge in [-0.2, -0.15) is 0 Å². The van der Waals surface area contributed by atoms with E-state index in [-0.39, 0.29) is 11.8 Å². The van der Waals surface area contributed by atoms with Gasteiger partial charge in [0.1, 0.15) is 6.04 Å². The number of rotatable bonds is 11. The van der Waals surface area contributed by atoms with Crippen LogP contribution in [0.5, 0.6) is 11.5 Å². The third-order valence-electron chi connectivity index (χ3n) is 5.12. The van der Waals surface area contributed by atoms with E-state index in [0.29, 0.717) is 44.1 Å². The van der Waals surface area contributed by atoms with E-state index in [1.165, 1.54) is 0 Å². The minimum Gasteiger partial charge on any atom is -0.490 e. The molecule has 0 saturated carbocycles. The Morgan fingerprint density at radius 1 is 0.968 bits per heavy atom. The quantitative estimate of drug-likeness (QED) is 0.592. The summed E-state index contributed by atoms with van der Waals surface area (Å²) in [5.41, 5.74) is 3.14. The molecule has 0 aromatic heterocycles. The van der Waals surface area contributed by atoms with Crippen LogP contribution in [0.15, 0.2) is 42.5 Å². The molecule has 0 fully saturated rings. The molecule has 168 valence electrons. The number of likely N-dealkylation sites (N-methyl/N-ethyl adjacent to an activating group) is 1. The van der Waals surface area contributed by atoms with E-state index in [1.54, 1.807) is 18.9 Å². The molecule has 6 nitrogen and oxygen atoms in total. The highest BCUT2D eigenvalue weighted by Crippen LogP contribution is 2.29. The van der Waals surface area contributed by atoms with Gasteiger partial charge in [-0.1, -0.05) is 35.9 Å². The number of benzene rings is 2. The summed E-state index contributed by atoms with van der Waals surface area (Å²) < 4.78 is 11.3. The molecule has 0 aliphatic carbocycles. The maximum Gasteiger partial charge on any atom is 0.242 e. The lowest BCUT2D eigenvalue weighted by Gasteiger charge is -2.28. The van der Waals surface area contributed by atoms with Crippen molar-refractivity contribution < 1.29 is 19.1 Å². The Morgan fingerprint density at radius 2 is 1.58 bits per heavy atom. The number of ether oxygens (including phenoxy) is 2. The fourth-order valence-electron chi connectivity index (χ4n) is 3.33. The summed E-state index contributed by atoms with van der Waals surface area (Å²) in [5, 5.41) is 2.65. The van der Waals surface area contributed by atoms with Crippen molar-refractivity contribution in [3.8, 4) is 11.5 Å². The molecule has 2 aromatic carbocycles. The number of nitrogens with zero attached hydrogens (tertiary/aromatic N) is 1. The fraction of sp³-hybridized carbons (Fsp3) is 0.440. The number of amides is 2. The van der Waals surface area contributed by atoms with E-state index in [1.807, 2.05) is 63.2 Å². The van der Waals surface area contributed by atoms with E-state index < -0.39 is 6.04 Å². The van der Waals surface area contributed by atoms with Crippen LogP contribution >= 0.6 is 0 Å². The highest BCUT2D eigenvalue weighted by molar-refractivity contribution is 5.87. The summed E-state index contributed by atoms with van der Waals surface area (Å²) in [6.45, 7) is 9.12. The normalized spacial score (nSPS) is 11.5. The second kappa shape index (κ2) is 12.0. The third kappa shape index (κ3) is 7.02. The van der Waals surface area contributed by atoms with Gasteiger partial charge in [0.25, 0.3) is 0 Å². The summed E-state index contributed by atoms with van der Waals surface area (Å²) in [5.74, 6) is 1.14. The van der Waals surface area contributed by atoms with Gasteiger partial charge in [-0.25, -0.2) is 0 Å². The number of carbonyl (C=O) groups excluding carboxylic acids is 2. The van der Waals surface area contributed by atoms with Crippen molar-refractivity contribution >= 4 is 11.8 Å². The fourth-order valence-corrected chi connectivity index (χ4v) is 3.33. The van der Waals surface area contributed by atoms with Crippen LogP contribution in [0, 0.1) is 6.92 Å². The molecule has 0 radical (unpaired) electrons. The molecule has 0 aliphatic heterocycles. The van der Waals surface area contributed by atoms with Crippen LogP contribution < -0.4 is 14.8 Å². The molecule has 0 heterocycles. The van der Waals surface area contributed by atoms with E-state index in [4.69, 9.17) is 9.47 Å². The maximum atomic E-state index is 13.1. The predicted molar refractivity (Wildman–Crippen MR) is 122 cm³/mol. The zero-order valence-corrected chi connectivity index (χ0v) is 19.2. The van der Waals surface area contributed by atoms with Crippen molar-refractivity contribution in [1.29, 1.82) is 0 Å². The van der Waals surface area contributed by atoms with Crippen LogP contribution in [0.4, 0.5) is 0 Å². The van der Waals surface area contributed by atoms with Crippen LogP contribution in [0.2, 0.25) is 0 Å². The molecular weight excluding hydrogens is 392 g/mol. The summed E-state index contributed by atoms with van der Waals surface area (Å²) in [4.78, 5) is 27.0. The van der Waals surface area contributed by atoms with Crippen molar-refractivity contribution in [2.24, 2.45) is 0 Å². The largest absolute Gasteiger partial charge is 0.490 e. The zero-order chi connectivity index (χ0) is 22.8. The molecule has 1 atom stereocenters. The Hall–Kier alpha value is -3.02. The Balaban J connectivity index is 2.14. The first-order chi connectivity index (χ1) is 14.9. The van der Waals surface area contributed by atoms with Gasteiger partial charge in [-0.05, 0) is 57.4 Å². The van der Waals surface area contributed by atoms with Gasteiger partial charge in [-0.3, -0.25) is 9.59 Å². The molecular formula is C25H34N2O4. The number of carbonyl (C=O) groups is 2. The standard InChI is InChI=1S/C25H34N2O4/c1-6-30-22-14-12-20(16-23(22)31-7-2)13-15-24(28)27(19(4)25(29)26-5)17-21-10-8-18(3)9-11-21/h8-12,14,16,19H,6-7,13,15,17H2,1-5H3,(H,26,29)/t19-/m0/s1. The second-order valence-electron chi connectivity index (χ2n) is 7.44. The molecule has 0 saturated heterocycles. The molecule has 0 bridgehead atoms. The first-order valence-corrected chi connectivity index (χ1v) is 10.8. The van der Waals surface area contributed by atoms with Crippen molar-refractivity contribution in [2.45, 2.75) is 53.1 Å². The van der Waals surface area contributed by atoms with Gasteiger partial charge in [0.15, 0.2) is 11.5 Å². The monoisotopic (exact) mass is 426 g/mol. The van der Waals surface area contributed by atoms with Crippen molar-refractivity contribution in [2.75, 3.05) is 20.3 Å². The van der Waals surface area contributed by atoms with Gasteiger partial charge >= 0.3 is 0 Å². The van der Waals surface area contributed by atoms with Crippen LogP contribution in [0.1, 0.15) is 43.9 Å². The first kappa shape index (κ1) is 24.3. The van der Waals surface area contributed by atoms with Crippen LogP contribution in [0.25, 0.3) is 0 Å². The van der Waals surface area contributed by atoms with Crippen LogP contribution in [0.3, 0.4) is 0 Å². The van der Waals surface area contributed by atoms with Crippen molar-refractivity contribution in [1.82, 2.24) is 10.2 Å². The Morgan fingerprint density at radius 3 is 2.19 bits per heavy atom. The first-order valence-electron chi connectivity index (χ1n) is 10.8. The van der Waals surface area contributed by atoms with E-state index in [2.05, 4.69) is 5.32 Å². The number of hydrogen-bond donors (Lipinski definition) is 1. The number of aryl methyl sites for hydroxylation is 2. The summed E-state index contributed by atoms with van der Waals surface area (Å²) >= 11 is 0. The molecule has 0 unspecified atom stereocenters. The van der Waals surface area contributed by atoms with Gasteiger partial charge in [0.05, 0.1) is 13.2 Å². The van der Waals surface area contributed by atoms with Gasteiger partial charge in [-0.15, -0.1) is 0 Å². The van der Waals surface area contributed by atoms with E-state index >= 15 is 0 Å². The molecule has 6 heteroatoms. The second-order valence-corrected chi connectivity index (χ2v) is 7.44. The van der Waals surface area contributed by atoms with Gasteiger partial charge in [0.2, 0.25) is 11.8 Å². The van der Waals surface area contributed by atoms with Gasteiger partial charge in [0, 0.05) is 20.0 Å². The molecule has 2 aromatic rings. The van der Waals surface area contributed by atoms with Crippen LogP contribution in [-0.2, 0) is 22.6 Å². The Kier molecular flexibility index (Phi) is 9.38. The molecule has 31 heavy (non-hydrogen) atoms. The average Bonchev–Trinajstić information content (AvgIpc) is 2.77. The van der Waals surface area contributed by atoms with E-state index in [9.17, 15) is 9.59 Å². The number of nitrogens with one attached hydrogen (secondary N) is 1. The molecule has 0 aliphatic rings. The summed E-state index contributed by atoms with van der Waals surface area (Å²) in [6.07, 6.45) is 0.850. The minimum absolute atomic E-state index is 0.0662. The molecule has 0 spiro atoms. The topological polar surface area (TPSA) is 67.9 Å². The van der Waals surface area contributed by atoms with Crippen molar-refractivity contribution in [3.63, 3.8) is 0 Å². The van der Waals surface area contributed by atoms with Crippen molar-refractivity contribution in [3.05, 3.63) is 59.2 Å². The Labute approximate surface area is 185 Å². The molecule has 2 rings (SSSR count). The summed E-state index contributed by atoms with van der Waals surface area (Å²) in [7, 11) is 1.59. The smallest absolute Gasteiger partial charge is 0.242 e. The zero-order valence-electron chi connectivity index (χ0n) is 19.2. The van der Waals surface area contributed by atoms with Crippen LogP contribution in [-0.4, -0.2) is 43.0 Å². The minimum atomic E-state index is -0.557. The lowest BCUT2D eigenvalue weighted by atomic mass is 10.1. The highest BCUT2D eigenvalue weighted by atomic mass is 16.5.